The summed E-state index contributed by atoms with van der Waals surface area (Å²) >= 11 is 14.8. The van der Waals surface area contributed by atoms with Crippen LogP contribution in [-0.2, 0) is 0 Å². The van der Waals surface area contributed by atoms with Gasteiger partial charge >= 0.3 is 0 Å². The third-order valence-electron chi connectivity index (χ3n) is 3.25. The highest BCUT2D eigenvalue weighted by atomic mass is 79.9. The zero-order valence-corrected chi connectivity index (χ0v) is 15.7. The largest absolute Gasteiger partial charge is 0.362 e. The van der Waals surface area contributed by atoms with E-state index in [-0.39, 0.29) is 0 Å². The van der Waals surface area contributed by atoms with E-state index in [1.54, 1.807) is 0 Å². The lowest BCUT2D eigenvalue weighted by molar-refractivity contribution is 0.586. The number of thiocarbonyl (C=S) groups is 1. The van der Waals surface area contributed by atoms with E-state index in [1.807, 2.05) is 18.2 Å². The van der Waals surface area contributed by atoms with Crippen LogP contribution in [0.25, 0.3) is 0 Å². The van der Waals surface area contributed by atoms with Crippen molar-refractivity contribution in [2.75, 3.05) is 11.9 Å². The Hall–Kier alpha value is -0.320. The second kappa shape index (κ2) is 11.3. The summed E-state index contributed by atoms with van der Waals surface area (Å²) in [5.74, 6) is 0. The predicted molar refractivity (Wildman–Crippen MR) is 101 cm³/mol. The fourth-order valence-corrected chi connectivity index (χ4v) is 2.97. The first-order valence-electron chi connectivity index (χ1n) is 7.63. The van der Waals surface area contributed by atoms with Crippen molar-refractivity contribution in [3.63, 3.8) is 0 Å². The molecule has 0 heterocycles. The maximum atomic E-state index is 6.14. The first-order valence-corrected chi connectivity index (χ1v) is 9.21. The van der Waals surface area contributed by atoms with Gasteiger partial charge in [0, 0.05) is 11.0 Å². The van der Waals surface area contributed by atoms with E-state index in [1.165, 1.54) is 38.5 Å². The van der Waals surface area contributed by atoms with E-state index >= 15 is 0 Å². The lowest BCUT2D eigenvalue weighted by Crippen LogP contribution is -2.29. The zero-order chi connectivity index (χ0) is 15.5. The van der Waals surface area contributed by atoms with Gasteiger partial charge < -0.3 is 10.6 Å². The number of anilines is 1. The predicted octanol–water partition coefficient (Wildman–Crippen LogP) is 6.14. The topological polar surface area (TPSA) is 24.1 Å². The second-order valence-corrected chi connectivity index (χ2v) is 6.86. The number of hydrogen-bond donors (Lipinski definition) is 2. The molecule has 0 saturated carbocycles. The van der Waals surface area contributed by atoms with Crippen molar-refractivity contribution in [1.29, 1.82) is 0 Å². The second-order valence-electron chi connectivity index (χ2n) is 5.13. The highest BCUT2D eigenvalue weighted by molar-refractivity contribution is 9.10. The summed E-state index contributed by atoms with van der Waals surface area (Å²) in [6.07, 6.45) is 9.12. The number of halogens is 2. The summed E-state index contributed by atoms with van der Waals surface area (Å²) < 4.78 is 0.958. The third-order valence-corrected chi connectivity index (χ3v) is 4.30. The molecule has 2 N–H and O–H groups in total. The first kappa shape index (κ1) is 18.7. The number of benzene rings is 1. The number of hydrogen-bond acceptors (Lipinski definition) is 1. The average molecular weight is 392 g/mol. The van der Waals surface area contributed by atoms with Crippen LogP contribution in [0.2, 0.25) is 5.02 Å². The molecule has 0 aliphatic rings. The zero-order valence-electron chi connectivity index (χ0n) is 12.6. The molecule has 1 aromatic rings. The van der Waals surface area contributed by atoms with Crippen LogP contribution in [0.1, 0.15) is 51.9 Å². The molecule has 0 aromatic heterocycles. The van der Waals surface area contributed by atoms with Gasteiger partial charge in [-0.25, -0.2) is 0 Å². The van der Waals surface area contributed by atoms with Crippen molar-refractivity contribution in [2.45, 2.75) is 51.9 Å². The Morgan fingerprint density at radius 1 is 1.14 bits per heavy atom. The minimum absolute atomic E-state index is 0.630. The maximum Gasteiger partial charge on any atom is 0.170 e. The lowest BCUT2D eigenvalue weighted by atomic mass is 10.1. The molecule has 0 radical (unpaired) electrons. The van der Waals surface area contributed by atoms with E-state index < -0.39 is 0 Å². The van der Waals surface area contributed by atoms with Gasteiger partial charge in [-0.2, -0.15) is 0 Å². The molecule has 1 rings (SSSR count). The van der Waals surface area contributed by atoms with E-state index in [4.69, 9.17) is 23.8 Å². The minimum Gasteiger partial charge on any atom is -0.362 e. The summed E-state index contributed by atoms with van der Waals surface area (Å²) in [6.45, 7) is 3.16. The normalized spacial score (nSPS) is 10.4. The Bertz CT molecular complexity index is 440. The van der Waals surface area contributed by atoms with Gasteiger partial charge in [0.05, 0.1) is 10.7 Å². The molecule has 0 amide bonds. The summed E-state index contributed by atoms with van der Waals surface area (Å²) in [6, 6.07) is 5.70. The molecule has 0 spiro atoms. The quantitative estimate of drug-likeness (QED) is 0.390. The molecular weight excluding hydrogens is 368 g/mol. The van der Waals surface area contributed by atoms with Crippen LogP contribution >= 0.6 is 39.7 Å². The Labute approximate surface area is 147 Å². The van der Waals surface area contributed by atoms with Crippen molar-refractivity contribution in [1.82, 2.24) is 5.32 Å². The van der Waals surface area contributed by atoms with Crippen LogP contribution < -0.4 is 10.6 Å². The molecule has 0 fully saturated rings. The molecular formula is C16H24BrClN2S. The van der Waals surface area contributed by atoms with Gasteiger partial charge in [0.15, 0.2) is 5.11 Å². The third kappa shape index (κ3) is 8.64. The minimum atomic E-state index is 0.630. The summed E-state index contributed by atoms with van der Waals surface area (Å²) in [5.41, 5.74) is 0.830. The van der Waals surface area contributed by atoms with Gasteiger partial charge in [-0.1, -0.05) is 73.0 Å². The van der Waals surface area contributed by atoms with Crippen LogP contribution in [0.4, 0.5) is 5.69 Å². The number of unbranched alkanes of at least 4 members (excludes halogenated alkanes) is 6. The Morgan fingerprint density at radius 3 is 2.48 bits per heavy atom. The molecule has 0 saturated heterocycles. The van der Waals surface area contributed by atoms with Crippen LogP contribution in [0.15, 0.2) is 22.7 Å². The van der Waals surface area contributed by atoms with Crippen LogP contribution in [0, 0.1) is 0 Å². The van der Waals surface area contributed by atoms with Crippen molar-refractivity contribution < 1.29 is 0 Å². The van der Waals surface area contributed by atoms with Crippen molar-refractivity contribution in [2.24, 2.45) is 0 Å². The molecule has 0 aliphatic carbocycles. The van der Waals surface area contributed by atoms with Crippen molar-refractivity contribution in [3.8, 4) is 0 Å². The standard InChI is InChI=1S/C16H24BrClN2S/c1-2-3-4-5-6-7-8-11-19-16(21)20-15-10-9-13(17)12-14(15)18/h9-10,12H,2-8,11H2,1H3,(H2,19,20,21). The molecule has 118 valence electrons. The molecule has 21 heavy (non-hydrogen) atoms. The lowest BCUT2D eigenvalue weighted by Gasteiger charge is -2.11. The van der Waals surface area contributed by atoms with Crippen LogP contribution in [0.5, 0.6) is 0 Å². The van der Waals surface area contributed by atoms with Crippen LogP contribution in [-0.4, -0.2) is 11.7 Å². The van der Waals surface area contributed by atoms with E-state index in [9.17, 15) is 0 Å². The fraction of sp³-hybridized carbons (Fsp3) is 0.562. The number of nitrogens with one attached hydrogen (secondary N) is 2. The van der Waals surface area contributed by atoms with E-state index in [0.717, 1.165) is 23.1 Å². The molecule has 0 aliphatic heterocycles. The Morgan fingerprint density at radius 2 is 1.81 bits per heavy atom. The van der Waals surface area contributed by atoms with E-state index in [2.05, 4.69) is 33.5 Å². The van der Waals surface area contributed by atoms with Gasteiger partial charge in [0.25, 0.3) is 0 Å². The highest BCUT2D eigenvalue weighted by Crippen LogP contribution is 2.25. The Balaban J connectivity index is 2.11. The molecule has 0 unspecified atom stereocenters. The van der Waals surface area contributed by atoms with Crippen molar-refractivity contribution in [3.05, 3.63) is 27.7 Å². The van der Waals surface area contributed by atoms with Gasteiger partial charge in [-0.15, -0.1) is 0 Å². The SMILES string of the molecule is CCCCCCCCCNC(=S)Nc1ccc(Br)cc1Cl. The molecule has 2 nitrogen and oxygen atoms in total. The summed E-state index contributed by atoms with van der Waals surface area (Å²) in [5, 5.41) is 7.64. The highest BCUT2D eigenvalue weighted by Gasteiger charge is 2.02. The summed E-state index contributed by atoms with van der Waals surface area (Å²) in [7, 11) is 0. The smallest absolute Gasteiger partial charge is 0.170 e. The molecule has 5 heteroatoms. The van der Waals surface area contributed by atoms with Gasteiger partial charge in [0.1, 0.15) is 0 Å². The van der Waals surface area contributed by atoms with Crippen LogP contribution in [0.3, 0.4) is 0 Å². The summed E-state index contributed by atoms with van der Waals surface area (Å²) in [4.78, 5) is 0. The maximum absolute atomic E-state index is 6.14. The van der Waals surface area contributed by atoms with Gasteiger partial charge in [-0.05, 0) is 36.8 Å². The number of rotatable bonds is 9. The first-order chi connectivity index (χ1) is 10.1. The van der Waals surface area contributed by atoms with Gasteiger partial charge in [0.2, 0.25) is 0 Å². The monoisotopic (exact) mass is 390 g/mol. The van der Waals surface area contributed by atoms with E-state index in [0.29, 0.717) is 10.1 Å². The molecule has 1 aromatic carbocycles. The van der Waals surface area contributed by atoms with Gasteiger partial charge in [-0.3, -0.25) is 0 Å². The fourth-order valence-electron chi connectivity index (χ4n) is 2.04. The molecule has 0 atom stereocenters. The Kier molecular flexibility index (Phi) is 10.1. The molecule has 0 bridgehead atoms. The average Bonchev–Trinajstić information content (AvgIpc) is 2.45. The van der Waals surface area contributed by atoms with Crippen molar-refractivity contribution >= 4 is 50.5 Å².